The molecule has 2 unspecified atom stereocenters. The summed E-state index contributed by atoms with van der Waals surface area (Å²) in [6.07, 6.45) is 2.53. The summed E-state index contributed by atoms with van der Waals surface area (Å²) in [5.41, 5.74) is 2.74. The van der Waals surface area contributed by atoms with Gasteiger partial charge in [0.1, 0.15) is 0 Å². The number of nitrogens with one attached hydrogen (secondary N) is 1. The molecule has 1 fully saturated rings. The molecular formula is C16H21NO3. The lowest BCUT2D eigenvalue weighted by Gasteiger charge is -2.17. The maximum absolute atomic E-state index is 12.2. The molecule has 1 saturated carbocycles. The molecule has 1 aromatic carbocycles. The second-order valence-corrected chi connectivity index (χ2v) is 5.66. The molecule has 0 saturated heterocycles. The van der Waals surface area contributed by atoms with Gasteiger partial charge in [0.15, 0.2) is 0 Å². The van der Waals surface area contributed by atoms with Crippen LogP contribution in [0.3, 0.4) is 0 Å². The molecule has 0 aromatic heterocycles. The van der Waals surface area contributed by atoms with E-state index >= 15 is 0 Å². The van der Waals surface area contributed by atoms with E-state index in [4.69, 9.17) is 5.11 Å². The highest BCUT2D eigenvalue weighted by atomic mass is 16.4. The van der Waals surface area contributed by atoms with Gasteiger partial charge in [0.25, 0.3) is 5.91 Å². The number of aryl methyl sites for hydroxylation is 2. The average Bonchev–Trinajstić information content (AvgIpc) is 2.84. The van der Waals surface area contributed by atoms with Gasteiger partial charge < -0.3 is 10.4 Å². The van der Waals surface area contributed by atoms with Crippen molar-refractivity contribution in [2.75, 3.05) is 6.54 Å². The van der Waals surface area contributed by atoms with E-state index in [9.17, 15) is 9.59 Å². The maximum atomic E-state index is 12.2. The fourth-order valence-corrected chi connectivity index (χ4v) is 2.99. The zero-order valence-electron chi connectivity index (χ0n) is 12.0. The minimum absolute atomic E-state index is 0.0576. The fourth-order valence-electron chi connectivity index (χ4n) is 2.99. The van der Waals surface area contributed by atoms with Crippen molar-refractivity contribution in [1.29, 1.82) is 0 Å². The Balaban J connectivity index is 1.97. The van der Waals surface area contributed by atoms with Gasteiger partial charge in [-0.2, -0.15) is 0 Å². The van der Waals surface area contributed by atoms with Crippen LogP contribution in [-0.2, 0) is 4.79 Å². The zero-order valence-corrected chi connectivity index (χ0v) is 12.0. The molecule has 0 aliphatic heterocycles. The van der Waals surface area contributed by atoms with Crippen LogP contribution >= 0.6 is 0 Å². The number of rotatable bonds is 4. The number of carbonyl (C=O) groups excluding carboxylic acids is 1. The first-order valence-electron chi connectivity index (χ1n) is 7.07. The molecular weight excluding hydrogens is 254 g/mol. The third-order valence-electron chi connectivity index (χ3n) is 4.13. The average molecular weight is 275 g/mol. The lowest BCUT2D eigenvalue weighted by atomic mass is 9.96. The Labute approximate surface area is 119 Å². The summed E-state index contributed by atoms with van der Waals surface area (Å²) in [6, 6.07) is 5.71. The number of carbonyl (C=O) groups is 2. The number of carboxylic acid groups (broad SMARTS) is 1. The molecule has 0 bridgehead atoms. The molecule has 4 heteroatoms. The van der Waals surface area contributed by atoms with Crippen LogP contribution in [0.2, 0.25) is 0 Å². The minimum atomic E-state index is -0.742. The van der Waals surface area contributed by atoms with E-state index < -0.39 is 5.97 Å². The zero-order chi connectivity index (χ0) is 14.7. The third kappa shape index (κ3) is 3.18. The van der Waals surface area contributed by atoms with Crippen molar-refractivity contribution in [1.82, 2.24) is 5.32 Å². The Hall–Kier alpha value is -1.84. The highest BCUT2D eigenvalue weighted by Gasteiger charge is 2.32. The van der Waals surface area contributed by atoms with Crippen LogP contribution in [0.25, 0.3) is 0 Å². The Morgan fingerprint density at radius 1 is 1.30 bits per heavy atom. The summed E-state index contributed by atoms with van der Waals surface area (Å²) in [7, 11) is 0. The molecule has 2 rings (SSSR count). The van der Waals surface area contributed by atoms with Gasteiger partial charge >= 0.3 is 5.97 Å². The van der Waals surface area contributed by atoms with Gasteiger partial charge in [-0.3, -0.25) is 9.59 Å². The highest BCUT2D eigenvalue weighted by molar-refractivity contribution is 5.95. The van der Waals surface area contributed by atoms with Gasteiger partial charge in [-0.15, -0.1) is 0 Å². The summed E-state index contributed by atoms with van der Waals surface area (Å²) in [4.78, 5) is 23.3. The first-order chi connectivity index (χ1) is 9.49. The standard InChI is InChI=1S/C16H21NO3/c1-10-6-7-13(11(2)8-10)15(18)17-9-12-4-3-5-14(12)16(19)20/h6-8,12,14H,3-5,9H2,1-2H3,(H,17,18)(H,19,20). The number of carboxylic acids is 1. The molecule has 1 aliphatic rings. The topological polar surface area (TPSA) is 66.4 Å². The van der Waals surface area contributed by atoms with Crippen molar-refractivity contribution in [2.45, 2.75) is 33.1 Å². The van der Waals surface area contributed by atoms with E-state index in [1.807, 2.05) is 32.0 Å². The van der Waals surface area contributed by atoms with Crippen LogP contribution in [0.1, 0.15) is 40.7 Å². The summed E-state index contributed by atoms with van der Waals surface area (Å²) < 4.78 is 0. The second kappa shape index (κ2) is 6.07. The smallest absolute Gasteiger partial charge is 0.306 e. The molecule has 0 heterocycles. The predicted molar refractivity (Wildman–Crippen MR) is 76.7 cm³/mol. The van der Waals surface area contributed by atoms with Crippen LogP contribution in [-0.4, -0.2) is 23.5 Å². The summed E-state index contributed by atoms with van der Waals surface area (Å²) >= 11 is 0. The van der Waals surface area contributed by atoms with E-state index in [0.717, 1.165) is 30.4 Å². The number of hydrogen-bond acceptors (Lipinski definition) is 2. The number of benzene rings is 1. The molecule has 1 amide bonds. The van der Waals surface area contributed by atoms with E-state index in [-0.39, 0.29) is 17.7 Å². The first kappa shape index (κ1) is 14.6. The lowest BCUT2D eigenvalue weighted by molar-refractivity contribution is -0.142. The Morgan fingerprint density at radius 3 is 2.70 bits per heavy atom. The van der Waals surface area contributed by atoms with Gasteiger partial charge in [-0.25, -0.2) is 0 Å². The predicted octanol–water partition coefficient (Wildman–Crippen LogP) is 2.53. The van der Waals surface area contributed by atoms with Crippen molar-refractivity contribution in [2.24, 2.45) is 11.8 Å². The van der Waals surface area contributed by atoms with Gasteiger partial charge in [-0.1, -0.05) is 24.1 Å². The molecule has 2 atom stereocenters. The quantitative estimate of drug-likeness (QED) is 0.887. The Bertz CT molecular complexity index is 524. The lowest BCUT2D eigenvalue weighted by Crippen LogP contribution is -2.33. The van der Waals surface area contributed by atoms with E-state index in [1.54, 1.807) is 0 Å². The van der Waals surface area contributed by atoms with E-state index in [2.05, 4.69) is 5.32 Å². The molecule has 0 radical (unpaired) electrons. The first-order valence-corrected chi connectivity index (χ1v) is 7.07. The molecule has 20 heavy (non-hydrogen) atoms. The van der Waals surface area contributed by atoms with Crippen molar-refractivity contribution in [3.63, 3.8) is 0 Å². The van der Waals surface area contributed by atoms with Gasteiger partial charge in [-0.05, 0) is 44.2 Å². The van der Waals surface area contributed by atoms with E-state index in [1.165, 1.54) is 0 Å². The molecule has 1 aromatic rings. The van der Waals surface area contributed by atoms with Crippen molar-refractivity contribution < 1.29 is 14.7 Å². The fraction of sp³-hybridized carbons (Fsp3) is 0.500. The summed E-state index contributed by atoms with van der Waals surface area (Å²) in [5, 5.41) is 12.0. The van der Waals surface area contributed by atoms with Crippen molar-refractivity contribution in [3.8, 4) is 0 Å². The molecule has 4 nitrogen and oxygen atoms in total. The number of amides is 1. The molecule has 2 N–H and O–H groups in total. The monoisotopic (exact) mass is 275 g/mol. The van der Waals surface area contributed by atoms with Crippen LogP contribution in [0.4, 0.5) is 0 Å². The van der Waals surface area contributed by atoms with Crippen LogP contribution in [0.15, 0.2) is 18.2 Å². The second-order valence-electron chi connectivity index (χ2n) is 5.66. The molecule has 108 valence electrons. The van der Waals surface area contributed by atoms with Crippen LogP contribution < -0.4 is 5.32 Å². The summed E-state index contributed by atoms with van der Waals surface area (Å²) in [6.45, 7) is 4.35. The molecule has 0 spiro atoms. The van der Waals surface area contributed by atoms with Gasteiger partial charge in [0.05, 0.1) is 5.92 Å². The van der Waals surface area contributed by atoms with E-state index in [0.29, 0.717) is 12.1 Å². The summed E-state index contributed by atoms with van der Waals surface area (Å²) in [5.74, 6) is -1.11. The maximum Gasteiger partial charge on any atom is 0.306 e. The van der Waals surface area contributed by atoms with Gasteiger partial charge in [0.2, 0.25) is 0 Å². The highest BCUT2D eigenvalue weighted by Crippen LogP contribution is 2.31. The SMILES string of the molecule is Cc1ccc(C(=O)NCC2CCCC2C(=O)O)c(C)c1. The Morgan fingerprint density at radius 2 is 2.05 bits per heavy atom. The minimum Gasteiger partial charge on any atom is -0.481 e. The normalized spacial score (nSPS) is 21.7. The van der Waals surface area contributed by atoms with Crippen LogP contribution in [0, 0.1) is 25.7 Å². The van der Waals surface area contributed by atoms with Crippen molar-refractivity contribution in [3.05, 3.63) is 34.9 Å². The molecule has 1 aliphatic carbocycles. The van der Waals surface area contributed by atoms with Crippen molar-refractivity contribution >= 4 is 11.9 Å². The number of hydrogen-bond donors (Lipinski definition) is 2. The van der Waals surface area contributed by atoms with Gasteiger partial charge in [0, 0.05) is 12.1 Å². The number of aliphatic carboxylic acids is 1. The van der Waals surface area contributed by atoms with Crippen LogP contribution in [0.5, 0.6) is 0 Å². The third-order valence-corrected chi connectivity index (χ3v) is 4.13. The largest absolute Gasteiger partial charge is 0.481 e. The Kier molecular flexibility index (Phi) is 4.42.